The molecule has 0 saturated carbocycles. The van der Waals surface area contributed by atoms with E-state index in [1.807, 2.05) is 0 Å². The zero-order valence-corrected chi connectivity index (χ0v) is 13.4. The number of carbonyl (C=O) groups excluding carboxylic acids is 1. The normalized spacial score (nSPS) is 9.84. The third kappa shape index (κ3) is 5.91. The Morgan fingerprint density at radius 1 is 1.37 bits per heavy atom. The van der Waals surface area contributed by atoms with Crippen molar-refractivity contribution in [3.63, 3.8) is 0 Å². The molecule has 1 aromatic rings. The van der Waals surface area contributed by atoms with Crippen molar-refractivity contribution in [1.29, 1.82) is 0 Å². The molecule has 0 amide bonds. The van der Waals surface area contributed by atoms with Gasteiger partial charge in [0, 0.05) is 13.1 Å². The zero-order valence-electron chi connectivity index (χ0n) is 11.4. The standard InChI is InChI=1S/C11H15N3O4.Na/c1-14(7-11(15)16)13-12-9-5-4-8(17-2)6-10(9)18-3;/h4-6H,7H2,1-3H3,(H,15,16);/q;+1/p-1. The number of aliphatic carboxylic acids is 1. The summed E-state index contributed by atoms with van der Waals surface area (Å²) in [5, 5.41) is 19.1. The van der Waals surface area contributed by atoms with E-state index >= 15 is 0 Å². The van der Waals surface area contributed by atoms with Gasteiger partial charge >= 0.3 is 29.6 Å². The Balaban J connectivity index is 0.00000324. The average molecular weight is 275 g/mol. The maximum atomic E-state index is 10.3. The Hall–Kier alpha value is -1.31. The number of methoxy groups -OCH3 is 2. The molecule has 0 aromatic heterocycles. The van der Waals surface area contributed by atoms with Crippen molar-refractivity contribution >= 4 is 11.7 Å². The molecule has 19 heavy (non-hydrogen) atoms. The number of benzene rings is 1. The van der Waals surface area contributed by atoms with Crippen LogP contribution in [0.2, 0.25) is 0 Å². The van der Waals surface area contributed by atoms with Gasteiger partial charge in [0.1, 0.15) is 17.2 Å². The van der Waals surface area contributed by atoms with Gasteiger partial charge in [0.2, 0.25) is 0 Å². The maximum absolute atomic E-state index is 10.3. The molecule has 1 aromatic carbocycles. The van der Waals surface area contributed by atoms with Gasteiger partial charge in [0.25, 0.3) is 0 Å². The van der Waals surface area contributed by atoms with Crippen LogP contribution in [0.15, 0.2) is 28.5 Å². The number of likely N-dealkylation sites (N-methyl/N-ethyl adjacent to an activating group) is 1. The van der Waals surface area contributed by atoms with Gasteiger partial charge in [-0.3, -0.25) is 5.01 Å². The Bertz CT molecular complexity index is 454. The third-order valence-electron chi connectivity index (χ3n) is 2.05. The first-order valence-electron chi connectivity index (χ1n) is 5.11. The molecule has 8 heteroatoms. The fourth-order valence-electron chi connectivity index (χ4n) is 1.21. The zero-order chi connectivity index (χ0) is 13.5. The van der Waals surface area contributed by atoms with Crippen LogP contribution < -0.4 is 44.1 Å². The summed E-state index contributed by atoms with van der Waals surface area (Å²) in [5.74, 6) is -0.105. The van der Waals surface area contributed by atoms with E-state index in [9.17, 15) is 9.90 Å². The number of hydrogen-bond acceptors (Lipinski definition) is 6. The van der Waals surface area contributed by atoms with Gasteiger partial charge in [-0.15, -0.1) is 5.11 Å². The van der Waals surface area contributed by atoms with Crippen LogP contribution in [-0.2, 0) is 4.79 Å². The van der Waals surface area contributed by atoms with Crippen molar-refractivity contribution < 1.29 is 48.9 Å². The molecule has 0 spiro atoms. The number of carboxylic acids is 1. The van der Waals surface area contributed by atoms with Crippen LogP contribution >= 0.6 is 0 Å². The summed E-state index contributed by atoms with van der Waals surface area (Å²) in [6, 6.07) is 5.02. The van der Waals surface area contributed by atoms with E-state index in [2.05, 4.69) is 10.3 Å². The number of carboxylic acid groups (broad SMARTS) is 1. The number of ether oxygens (including phenoxy) is 2. The van der Waals surface area contributed by atoms with Gasteiger partial charge in [0.15, 0.2) is 0 Å². The van der Waals surface area contributed by atoms with Crippen LogP contribution in [0.3, 0.4) is 0 Å². The molecule has 0 saturated heterocycles. The Morgan fingerprint density at radius 2 is 2.05 bits per heavy atom. The summed E-state index contributed by atoms with van der Waals surface area (Å²) in [4.78, 5) is 10.3. The molecule has 0 aliphatic heterocycles. The largest absolute Gasteiger partial charge is 1.00 e. The molecule has 0 bridgehead atoms. The number of hydrogen-bond donors (Lipinski definition) is 0. The molecule has 1 rings (SSSR count). The third-order valence-corrected chi connectivity index (χ3v) is 2.05. The summed E-state index contributed by atoms with van der Waals surface area (Å²) in [6.45, 7) is -0.331. The van der Waals surface area contributed by atoms with Gasteiger partial charge in [0.05, 0.1) is 26.7 Å². The minimum atomic E-state index is -1.22. The summed E-state index contributed by atoms with van der Waals surface area (Å²) in [7, 11) is 4.53. The van der Waals surface area contributed by atoms with Crippen LogP contribution in [0.25, 0.3) is 0 Å². The molecule has 0 N–H and O–H groups in total. The van der Waals surface area contributed by atoms with Gasteiger partial charge in [-0.1, -0.05) is 5.22 Å². The minimum Gasteiger partial charge on any atom is -0.548 e. The quantitative estimate of drug-likeness (QED) is 0.322. The first-order chi connectivity index (χ1) is 8.56. The topological polar surface area (TPSA) is 86.6 Å². The van der Waals surface area contributed by atoms with Gasteiger partial charge in [-0.2, -0.15) is 0 Å². The maximum Gasteiger partial charge on any atom is 1.00 e. The van der Waals surface area contributed by atoms with E-state index in [0.717, 1.165) is 5.01 Å². The monoisotopic (exact) mass is 275 g/mol. The van der Waals surface area contributed by atoms with E-state index in [0.29, 0.717) is 17.2 Å². The molecule has 0 atom stereocenters. The number of carbonyl (C=O) groups is 1. The first-order valence-corrected chi connectivity index (χ1v) is 5.11. The van der Waals surface area contributed by atoms with Crippen LogP contribution in [-0.4, -0.2) is 38.8 Å². The smallest absolute Gasteiger partial charge is 0.548 e. The number of rotatable bonds is 6. The van der Waals surface area contributed by atoms with E-state index in [-0.39, 0.29) is 36.1 Å². The van der Waals surface area contributed by atoms with Gasteiger partial charge < -0.3 is 19.4 Å². The van der Waals surface area contributed by atoms with Crippen molar-refractivity contribution in [3.8, 4) is 11.5 Å². The Kier molecular flexibility index (Phi) is 8.13. The molecule has 0 aliphatic carbocycles. The second-order valence-electron chi connectivity index (χ2n) is 3.41. The van der Waals surface area contributed by atoms with E-state index in [1.54, 1.807) is 25.3 Å². The summed E-state index contributed by atoms with van der Waals surface area (Å²) >= 11 is 0. The molecule has 98 valence electrons. The molecular formula is C11H14N3NaO4. The van der Waals surface area contributed by atoms with Crippen molar-refractivity contribution in [2.45, 2.75) is 0 Å². The van der Waals surface area contributed by atoms with E-state index in [4.69, 9.17) is 9.47 Å². The molecule has 0 heterocycles. The first kappa shape index (κ1) is 17.7. The predicted octanol–water partition coefficient (Wildman–Crippen LogP) is -2.61. The molecule has 0 radical (unpaired) electrons. The fraction of sp³-hybridized carbons (Fsp3) is 0.364. The SMILES string of the molecule is COc1ccc(N=NN(C)CC(=O)[O-])c(OC)c1.[Na+]. The molecule has 0 fully saturated rings. The van der Waals surface area contributed by atoms with E-state index < -0.39 is 5.97 Å². The van der Waals surface area contributed by atoms with Crippen LogP contribution in [0.5, 0.6) is 11.5 Å². The molecular weight excluding hydrogens is 261 g/mol. The van der Waals surface area contributed by atoms with Crippen molar-refractivity contribution in [3.05, 3.63) is 18.2 Å². The summed E-state index contributed by atoms with van der Waals surface area (Å²) in [6.07, 6.45) is 0. The van der Waals surface area contributed by atoms with Gasteiger partial charge in [-0.25, -0.2) is 0 Å². The van der Waals surface area contributed by atoms with Crippen LogP contribution in [0, 0.1) is 0 Å². The van der Waals surface area contributed by atoms with Crippen molar-refractivity contribution in [2.24, 2.45) is 10.3 Å². The van der Waals surface area contributed by atoms with Crippen molar-refractivity contribution in [2.75, 3.05) is 27.8 Å². The minimum absolute atomic E-state index is 0. The van der Waals surface area contributed by atoms with Crippen molar-refractivity contribution in [1.82, 2.24) is 5.01 Å². The fourth-order valence-corrected chi connectivity index (χ4v) is 1.21. The van der Waals surface area contributed by atoms with Gasteiger partial charge in [-0.05, 0) is 12.1 Å². The summed E-state index contributed by atoms with van der Waals surface area (Å²) in [5.41, 5.74) is 0.475. The molecule has 0 unspecified atom stereocenters. The average Bonchev–Trinajstić information content (AvgIpc) is 2.35. The second kappa shape index (κ2) is 8.73. The van der Waals surface area contributed by atoms with Crippen LogP contribution in [0.4, 0.5) is 5.69 Å². The van der Waals surface area contributed by atoms with E-state index in [1.165, 1.54) is 14.2 Å². The van der Waals surface area contributed by atoms with Crippen LogP contribution in [0.1, 0.15) is 0 Å². The Labute approximate surface area is 133 Å². The summed E-state index contributed by atoms with van der Waals surface area (Å²) < 4.78 is 10.2. The predicted molar refractivity (Wildman–Crippen MR) is 61.7 cm³/mol. The second-order valence-corrected chi connectivity index (χ2v) is 3.41. The Morgan fingerprint density at radius 3 is 2.58 bits per heavy atom. The number of nitrogens with zero attached hydrogens (tertiary/aromatic N) is 3. The molecule has 0 aliphatic rings. The molecule has 7 nitrogen and oxygen atoms in total.